The van der Waals surface area contributed by atoms with Gasteiger partial charge in [-0.1, -0.05) is 29.8 Å². The zero-order chi connectivity index (χ0) is 15.2. The second-order valence-corrected chi connectivity index (χ2v) is 7.15. The molecule has 1 aliphatic heterocycles. The van der Waals surface area contributed by atoms with Crippen molar-refractivity contribution in [2.45, 2.75) is 26.2 Å². The Labute approximate surface area is 133 Å². The second-order valence-electron chi connectivity index (χ2n) is 6.23. The van der Waals surface area contributed by atoms with E-state index in [9.17, 15) is 4.79 Å². The summed E-state index contributed by atoms with van der Waals surface area (Å²) in [6.07, 6.45) is 0. The lowest BCUT2D eigenvalue weighted by atomic mass is 9.85. The normalized spacial score (nSPS) is 15.4. The Hall–Kier alpha value is -1.61. The summed E-state index contributed by atoms with van der Waals surface area (Å²) in [5, 5.41) is 0. The molecule has 2 aromatic rings. The van der Waals surface area contributed by atoms with E-state index in [1.807, 2.05) is 43.3 Å². The van der Waals surface area contributed by atoms with E-state index in [1.165, 1.54) is 0 Å². The average Bonchev–Trinajstić information content (AvgIpc) is 2.72. The van der Waals surface area contributed by atoms with Gasteiger partial charge >= 0.3 is 0 Å². The highest BCUT2D eigenvalue weighted by Gasteiger charge is 2.32. The summed E-state index contributed by atoms with van der Waals surface area (Å²) in [5.74, 6) is 0.937. The molecule has 3 rings (SSSR count). The summed E-state index contributed by atoms with van der Waals surface area (Å²) >= 11 is 3.45. The summed E-state index contributed by atoms with van der Waals surface area (Å²) in [5.41, 5.74) is 3.56. The number of aryl methyl sites for hydroxylation is 1. The molecule has 108 valence electrons. The Bertz CT molecular complexity index is 712. The standard InChI is InChI=1S/C18H17BrO2/c1-11-6-13(8-14(19)7-11)17(20)12-4-5-16-15(9-12)18(2,3)10-21-16/h4-9H,10H2,1-3H3. The number of halogens is 1. The molecule has 0 aromatic heterocycles. The van der Waals surface area contributed by atoms with Gasteiger partial charge in [-0.2, -0.15) is 0 Å². The first-order valence-electron chi connectivity index (χ1n) is 6.96. The van der Waals surface area contributed by atoms with E-state index in [0.29, 0.717) is 17.7 Å². The van der Waals surface area contributed by atoms with Crippen molar-refractivity contribution < 1.29 is 9.53 Å². The van der Waals surface area contributed by atoms with Crippen LogP contribution in [0.25, 0.3) is 0 Å². The third-order valence-corrected chi connectivity index (χ3v) is 4.32. The number of hydrogen-bond donors (Lipinski definition) is 0. The number of ether oxygens (including phenoxy) is 1. The summed E-state index contributed by atoms with van der Waals surface area (Å²) in [4.78, 5) is 12.7. The molecule has 2 aromatic carbocycles. The third-order valence-electron chi connectivity index (χ3n) is 3.86. The van der Waals surface area contributed by atoms with Crippen LogP contribution < -0.4 is 4.74 Å². The zero-order valence-corrected chi connectivity index (χ0v) is 14.0. The lowest BCUT2D eigenvalue weighted by Crippen LogP contribution is -2.18. The molecular formula is C18H17BrO2. The molecule has 3 heteroatoms. The fourth-order valence-corrected chi connectivity index (χ4v) is 3.30. The van der Waals surface area contributed by atoms with Gasteiger partial charge < -0.3 is 4.74 Å². The van der Waals surface area contributed by atoms with Crippen molar-refractivity contribution in [1.29, 1.82) is 0 Å². The van der Waals surface area contributed by atoms with Crippen LogP contribution in [0.3, 0.4) is 0 Å². The zero-order valence-electron chi connectivity index (χ0n) is 12.4. The van der Waals surface area contributed by atoms with Crippen molar-refractivity contribution in [3.63, 3.8) is 0 Å². The maximum absolute atomic E-state index is 12.7. The van der Waals surface area contributed by atoms with Crippen molar-refractivity contribution in [3.05, 3.63) is 63.1 Å². The fourth-order valence-electron chi connectivity index (χ4n) is 2.70. The van der Waals surface area contributed by atoms with E-state index < -0.39 is 0 Å². The first kappa shape index (κ1) is 14.3. The number of rotatable bonds is 2. The maximum atomic E-state index is 12.7. The third kappa shape index (κ3) is 2.62. The quantitative estimate of drug-likeness (QED) is 0.740. The highest BCUT2D eigenvalue weighted by Crippen LogP contribution is 2.39. The van der Waals surface area contributed by atoms with E-state index in [4.69, 9.17) is 4.74 Å². The SMILES string of the molecule is Cc1cc(Br)cc(C(=O)c2ccc3c(c2)C(C)(C)CO3)c1. The number of carbonyl (C=O) groups excluding carboxylic acids is 1. The average molecular weight is 345 g/mol. The summed E-state index contributed by atoms with van der Waals surface area (Å²) in [7, 11) is 0. The van der Waals surface area contributed by atoms with Crippen LogP contribution in [0.5, 0.6) is 5.75 Å². The summed E-state index contributed by atoms with van der Waals surface area (Å²) in [6, 6.07) is 11.5. The van der Waals surface area contributed by atoms with Crippen LogP contribution in [0.4, 0.5) is 0 Å². The van der Waals surface area contributed by atoms with Gasteiger partial charge in [-0.25, -0.2) is 0 Å². The van der Waals surface area contributed by atoms with Gasteiger partial charge in [0, 0.05) is 26.6 Å². The Morgan fingerprint density at radius 3 is 2.62 bits per heavy atom. The highest BCUT2D eigenvalue weighted by molar-refractivity contribution is 9.10. The Morgan fingerprint density at radius 2 is 1.90 bits per heavy atom. The smallest absolute Gasteiger partial charge is 0.193 e. The molecule has 0 saturated heterocycles. The van der Waals surface area contributed by atoms with E-state index in [2.05, 4.69) is 29.8 Å². The maximum Gasteiger partial charge on any atom is 0.193 e. The van der Waals surface area contributed by atoms with Crippen LogP contribution in [-0.2, 0) is 5.41 Å². The van der Waals surface area contributed by atoms with Gasteiger partial charge in [-0.3, -0.25) is 4.79 Å². The van der Waals surface area contributed by atoms with Gasteiger partial charge in [0.2, 0.25) is 0 Å². The minimum atomic E-state index is -0.0428. The lowest BCUT2D eigenvalue weighted by Gasteiger charge is -2.15. The van der Waals surface area contributed by atoms with Crippen LogP contribution in [0.15, 0.2) is 40.9 Å². The molecule has 0 unspecified atom stereocenters. The number of ketones is 1. The molecular weight excluding hydrogens is 328 g/mol. The van der Waals surface area contributed by atoms with Crippen LogP contribution in [0.1, 0.15) is 40.9 Å². The summed E-state index contributed by atoms with van der Waals surface area (Å²) in [6.45, 7) is 6.92. The highest BCUT2D eigenvalue weighted by atomic mass is 79.9. The van der Waals surface area contributed by atoms with Gasteiger partial charge in [0.15, 0.2) is 5.78 Å². The van der Waals surface area contributed by atoms with Crippen molar-refractivity contribution >= 4 is 21.7 Å². The second kappa shape index (κ2) is 4.99. The molecule has 0 spiro atoms. The summed E-state index contributed by atoms with van der Waals surface area (Å²) < 4.78 is 6.60. The number of hydrogen-bond acceptors (Lipinski definition) is 2. The topological polar surface area (TPSA) is 26.3 Å². The van der Waals surface area contributed by atoms with Crippen LogP contribution >= 0.6 is 15.9 Å². The minimum absolute atomic E-state index is 0.0428. The van der Waals surface area contributed by atoms with E-state index in [1.54, 1.807) is 0 Å². The molecule has 0 N–H and O–H groups in total. The largest absolute Gasteiger partial charge is 0.492 e. The van der Waals surface area contributed by atoms with E-state index >= 15 is 0 Å². The van der Waals surface area contributed by atoms with Crippen molar-refractivity contribution in [3.8, 4) is 5.75 Å². The van der Waals surface area contributed by atoms with Crippen molar-refractivity contribution in [1.82, 2.24) is 0 Å². The number of benzene rings is 2. The molecule has 0 bridgehead atoms. The Morgan fingerprint density at radius 1 is 1.14 bits per heavy atom. The predicted molar refractivity (Wildman–Crippen MR) is 87.3 cm³/mol. The van der Waals surface area contributed by atoms with Gasteiger partial charge in [0.1, 0.15) is 5.75 Å². The molecule has 0 atom stereocenters. The molecule has 2 nitrogen and oxygen atoms in total. The predicted octanol–water partition coefficient (Wildman–Crippen LogP) is 4.66. The van der Waals surface area contributed by atoms with Gasteiger partial charge in [0.25, 0.3) is 0 Å². The van der Waals surface area contributed by atoms with E-state index in [0.717, 1.165) is 21.3 Å². The minimum Gasteiger partial charge on any atom is -0.492 e. The lowest BCUT2D eigenvalue weighted by molar-refractivity contribution is 0.103. The van der Waals surface area contributed by atoms with Gasteiger partial charge in [0.05, 0.1) is 6.61 Å². The Kier molecular flexibility index (Phi) is 3.40. The molecule has 1 heterocycles. The molecule has 0 amide bonds. The first-order chi connectivity index (χ1) is 9.87. The molecule has 0 aliphatic carbocycles. The van der Waals surface area contributed by atoms with E-state index in [-0.39, 0.29) is 11.2 Å². The Balaban J connectivity index is 2.03. The molecule has 0 radical (unpaired) electrons. The molecule has 21 heavy (non-hydrogen) atoms. The van der Waals surface area contributed by atoms with Gasteiger partial charge in [-0.05, 0) is 48.9 Å². The van der Waals surface area contributed by atoms with Crippen molar-refractivity contribution in [2.24, 2.45) is 0 Å². The fraction of sp³-hybridized carbons (Fsp3) is 0.278. The van der Waals surface area contributed by atoms with Crippen LogP contribution in [0, 0.1) is 6.92 Å². The molecule has 0 saturated carbocycles. The monoisotopic (exact) mass is 344 g/mol. The van der Waals surface area contributed by atoms with Crippen LogP contribution in [0.2, 0.25) is 0 Å². The first-order valence-corrected chi connectivity index (χ1v) is 7.75. The molecule has 1 aliphatic rings. The van der Waals surface area contributed by atoms with Crippen LogP contribution in [-0.4, -0.2) is 12.4 Å². The number of fused-ring (bicyclic) bond motifs is 1. The van der Waals surface area contributed by atoms with Crippen molar-refractivity contribution in [2.75, 3.05) is 6.61 Å². The number of carbonyl (C=O) groups is 1. The van der Waals surface area contributed by atoms with Gasteiger partial charge in [-0.15, -0.1) is 0 Å². The molecule has 0 fully saturated rings.